The standard InChI is InChI=1S/C22H24N2O3/c1-16-2-5-18(6-3-16)22(26)24-11-9-23(10-12-24)21(25)15-17-4-7-20-19(14-17)8-13-27-20/h2-7,14H,8-13,15H2,1H3. The number of carbonyl (C=O) groups is 2. The van der Waals surface area contributed by atoms with Gasteiger partial charge < -0.3 is 14.5 Å². The van der Waals surface area contributed by atoms with E-state index in [2.05, 4.69) is 6.07 Å². The van der Waals surface area contributed by atoms with Gasteiger partial charge in [-0.2, -0.15) is 0 Å². The third kappa shape index (κ3) is 3.82. The SMILES string of the molecule is Cc1ccc(C(=O)N2CCN(C(=O)Cc3ccc4c(c3)CCO4)CC2)cc1. The summed E-state index contributed by atoms with van der Waals surface area (Å²) < 4.78 is 5.52. The first kappa shape index (κ1) is 17.6. The van der Waals surface area contributed by atoms with Gasteiger partial charge in [-0.3, -0.25) is 9.59 Å². The molecule has 0 radical (unpaired) electrons. The van der Waals surface area contributed by atoms with Crippen LogP contribution in [0.2, 0.25) is 0 Å². The Hall–Kier alpha value is -2.82. The van der Waals surface area contributed by atoms with Gasteiger partial charge >= 0.3 is 0 Å². The highest BCUT2D eigenvalue weighted by molar-refractivity contribution is 5.94. The van der Waals surface area contributed by atoms with Crippen molar-refractivity contribution in [3.63, 3.8) is 0 Å². The Morgan fingerprint density at radius 3 is 2.41 bits per heavy atom. The first-order chi connectivity index (χ1) is 13.1. The van der Waals surface area contributed by atoms with Crippen molar-refractivity contribution >= 4 is 11.8 Å². The summed E-state index contributed by atoms with van der Waals surface area (Å²) in [4.78, 5) is 28.9. The average molecular weight is 364 g/mol. The van der Waals surface area contributed by atoms with Gasteiger partial charge in [0.2, 0.25) is 5.91 Å². The Balaban J connectivity index is 1.32. The number of hydrogen-bond acceptors (Lipinski definition) is 3. The maximum atomic E-state index is 12.6. The highest BCUT2D eigenvalue weighted by Crippen LogP contribution is 2.26. The Labute approximate surface area is 159 Å². The molecule has 5 heteroatoms. The molecular formula is C22H24N2O3. The van der Waals surface area contributed by atoms with E-state index in [1.54, 1.807) is 0 Å². The summed E-state index contributed by atoms with van der Waals surface area (Å²) in [5, 5.41) is 0. The zero-order valence-electron chi connectivity index (χ0n) is 15.6. The number of hydrogen-bond donors (Lipinski definition) is 0. The fourth-order valence-electron chi connectivity index (χ4n) is 3.67. The zero-order valence-corrected chi connectivity index (χ0v) is 15.6. The minimum Gasteiger partial charge on any atom is -0.493 e. The highest BCUT2D eigenvalue weighted by atomic mass is 16.5. The number of ether oxygens (including phenoxy) is 1. The fourth-order valence-corrected chi connectivity index (χ4v) is 3.67. The molecule has 27 heavy (non-hydrogen) atoms. The summed E-state index contributed by atoms with van der Waals surface area (Å²) in [6.07, 6.45) is 1.32. The summed E-state index contributed by atoms with van der Waals surface area (Å²) in [7, 11) is 0. The summed E-state index contributed by atoms with van der Waals surface area (Å²) in [6.45, 7) is 5.07. The molecule has 5 nitrogen and oxygen atoms in total. The van der Waals surface area contributed by atoms with Crippen LogP contribution < -0.4 is 4.74 Å². The van der Waals surface area contributed by atoms with Gasteiger partial charge in [0.1, 0.15) is 5.75 Å². The van der Waals surface area contributed by atoms with Gasteiger partial charge in [-0.1, -0.05) is 29.8 Å². The number of fused-ring (bicyclic) bond motifs is 1. The molecule has 2 aromatic carbocycles. The number of amides is 2. The molecule has 2 amide bonds. The molecule has 4 rings (SSSR count). The van der Waals surface area contributed by atoms with E-state index in [4.69, 9.17) is 4.74 Å². The predicted molar refractivity (Wildman–Crippen MR) is 103 cm³/mol. The number of nitrogens with zero attached hydrogens (tertiary/aromatic N) is 2. The molecule has 140 valence electrons. The maximum absolute atomic E-state index is 12.6. The van der Waals surface area contributed by atoms with Gasteiger partial charge in [-0.15, -0.1) is 0 Å². The van der Waals surface area contributed by atoms with E-state index in [0.29, 0.717) is 38.2 Å². The minimum absolute atomic E-state index is 0.0423. The van der Waals surface area contributed by atoms with Crippen LogP contribution >= 0.6 is 0 Å². The predicted octanol–water partition coefficient (Wildman–Crippen LogP) is 2.46. The van der Waals surface area contributed by atoms with Gasteiger partial charge in [0.05, 0.1) is 13.0 Å². The van der Waals surface area contributed by atoms with Gasteiger partial charge in [0.25, 0.3) is 5.91 Å². The van der Waals surface area contributed by atoms with Crippen LogP contribution in [0.25, 0.3) is 0 Å². The lowest BCUT2D eigenvalue weighted by Gasteiger charge is -2.35. The molecule has 1 saturated heterocycles. The van der Waals surface area contributed by atoms with Crippen LogP contribution in [-0.2, 0) is 17.6 Å². The van der Waals surface area contributed by atoms with E-state index in [-0.39, 0.29) is 11.8 Å². The van der Waals surface area contributed by atoms with Crippen molar-refractivity contribution in [2.24, 2.45) is 0 Å². The van der Waals surface area contributed by atoms with Crippen LogP contribution in [-0.4, -0.2) is 54.4 Å². The molecule has 2 aliphatic rings. The lowest BCUT2D eigenvalue weighted by molar-refractivity contribution is -0.131. The second-order valence-electron chi connectivity index (χ2n) is 7.26. The van der Waals surface area contributed by atoms with Gasteiger partial charge in [0.15, 0.2) is 0 Å². The Morgan fingerprint density at radius 1 is 0.963 bits per heavy atom. The number of benzene rings is 2. The third-order valence-electron chi connectivity index (χ3n) is 5.33. The summed E-state index contributed by atoms with van der Waals surface area (Å²) >= 11 is 0. The normalized spacial score (nSPS) is 16.0. The van der Waals surface area contributed by atoms with E-state index in [9.17, 15) is 9.59 Å². The van der Waals surface area contributed by atoms with Crippen molar-refractivity contribution in [3.05, 3.63) is 64.7 Å². The molecule has 2 aromatic rings. The van der Waals surface area contributed by atoms with Crippen LogP contribution in [0.15, 0.2) is 42.5 Å². The Morgan fingerprint density at radius 2 is 1.67 bits per heavy atom. The van der Waals surface area contributed by atoms with E-state index >= 15 is 0 Å². The summed E-state index contributed by atoms with van der Waals surface area (Å²) in [5.41, 5.74) is 4.07. The van der Waals surface area contributed by atoms with Crippen molar-refractivity contribution in [2.75, 3.05) is 32.8 Å². The molecule has 0 N–H and O–H groups in total. The molecule has 0 aliphatic carbocycles. The highest BCUT2D eigenvalue weighted by Gasteiger charge is 2.25. The Kier molecular flexibility index (Phi) is 4.84. The lowest BCUT2D eigenvalue weighted by Crippen LogP contribution is -2.51. The number of aryl methyl sites for hydroxylation is 1. The zero-order chi connectivity index (χ0) is 18.8. The van der Waals surface area contributed by atoms with Crippen LogP contribution in [0.1, 0.15) is 27.0 Å². The molecule has 0 saturated carbocycles. The second-order valence-corrected chi connectivity index (χ2v) is 7.26. The first-order valence-electron chi connectivity index (χ1n) is 9.48. The lowest BCUT2D eigenvalue weighted by atomic mass is 10.1. The van der Waals surface area contributed by atoms with Crippen molar-refractivity contribution in [2.45, 2.75) is 19.8 Å². The van der Waals surface area contributed by atoms with Crippen LogP contribution in [0, 0.1) is 6.92 Å². The van der Waals surface area contributed by atoms with Crippen LogP contribution in [0.4, 0.5) is 0 Å². The van der Waals surface area contributed by atoms with Gasteiger partial charge in [-0.05, 0) is 36.2 Å². The molecule has 2 heterocycles. The smallest absolute Gasteiger partial charge is 0.253 e. The van der Waals surface area contributed by atoms with E-state index in [1.807, 2.05) is 53.1 Å². The average Bonchev–Trinajstić information content (AvgIpc) is 3.16. The van der Waals surface area contributed by atoms with E-state index in [1.165, 1.54) is 5.56 Å². The van der Waals surface area contributed by atoms with Crippen LogP contribution in [0.3, 0.4) is 0 Å². The molecule has 0 spiro atoms. The molecule has 0 atom stereocenters. The van der Waals surface area contributed by atoms with Crippen molar-refractivity contribution in [1.82, 2.24) is 9.80 Å². The Bertz CT molecular complexity index is 852. The van der Waals surface area contributed by atoms with E-state index < -0.39 is 0 Å². The molecule has 0 aromatic heterocycles. The van der Waals surface area contributed by atoms with Crippen molar-refractivity contribution in [1.29, 1.82) is 0 Å². The molecule has 0 unspecified atom stereocenters. The number of rotatable bonds is 3. The minimum atomic E-state index is 0.0423. The first-order valence-corrected chi connectivity index (χ1v) is 9.48. The maximum Gasteiger partial charge on any atom is 0.253 e. The van der Waals surface area contributed by atoms with Gasteiger partial charge in [-0.25, -0.2) is 0 Å². The molecule has 2 aliphatic heterocycles. The largest absolute Gasteiger partial charge is 0.493 e. The van der Waals surface area contributed by atoms with Gasteiger partial charge in [0, 0.05) is 38.2 Å². The second kappa shape index (κ2) is 7.43. The van der Waals surface area contributed by atoms with Crippen molar-refractivity contribution < 1.29 is 14.3 Å². The topological polar surface area (TPSA) is 49.9 Å². The quantitative estimate of drug-likeness (QED) is 0.841. The van der Waals surface area contributed by atoms with E-state index in [0.717, 1.165) is 29.9 Å². The van der Waals surface area contributed by atoms with Crippen LogP contribution in [0.5, 0.6) is 5.75 Å². The summed E-state index contributed by atoms with van der Waals surface area (Å²) in [5.74, 6) is 1.10. The number of carbonyl (C=O) groups excluding carboxylic acids is 2. The molecular weight excluding hydrogens is 340 g/mol. The molecule has 0 bridgehead atoms. The summed E-state index contributed by atoms with van der Waals surface area (Å²) in [6, 6.07) is 13.7. The fraction of sp³-hybridized carbons (Fsp3) is 0.364. The monoisotopic (exact) mass is 364 g/mol. The number of piperazine rings is 1. The third-order valence-corrected chi connectivity index (χ3v) is 5.33. The van der Waals surface area contributed by atoms with Crippen molar-refractivity contribution in [3.8, 4) is 5.75 Å². The molecule has 1 fully saturated rings.